The monoisotopic (exact) mass is 368 g/mol. The molecule has 0 amide bonds. The zero-order valence-corrected chi connectivity index (χ0v) is 17.0. The predicted molar refractivity (Wildman–Crippen MR) is 108 cm³/mol. The van der Waals surface area contributed by atoms with Gasteiger partial charge in [-0.25, -0.2) is 0 Å². The number of carbonyl (C=O) groups excluding carboxylic acids is 1. The Morgan fingerprint density at radius 2 is 1.73 bits per heavy atom. The lowest BCUT2D eigenvalue weighted by Crippen LogP contribution is -2.51. The van der Waals surface area contributed by atoms with Gasteiger partial charge in [0.1, 0.15) is 6.29 Å². The van der Waals surface area contributed by atoms with Crippen molar-refractivity contribution in [1.29, 1.82) is 0 Å². The molecule has 1 heterocycles. The SMILES string of the molecule is COC[C@@H]1O[C@H](c2ccc(C)cc2)[C@H](C=O)[C@H]1[Si](C)(C)c1ccccc1. The largest absolute Gasteiger partial charge is 0.382 e. The van der Waals surface area contributed by atoms with E-state index in [4.69, 9.17) is 9.47 Å². The standard InChI is InChI=1S/C22H28O3Si/c1-16-10-12-17(13-11-16)21-19(14-23)22(20(25-21)15-24-2)26(3,4)18-8-6-5-7-9-18/h5-14,19-22H,15H2,1-4H3/t19-,20-,21+,22+/m0/s1. The van der Waals surface area contributed by atoms with Crippen LogP contribution < -0.4 is 5.19 Å². The van der Waals surface area contributed by atoms with Crippen molar-refractivity contribution in [3.63, 3.8) is 0 Å². The van der Waals surface area contributed by atoms with Crippen molar-refractivity contribution < 1.29 is 14.3 Å². The molecule has 0 aromatic heterocycles. The molecule has 0 unspecified atom stereocenters. The smallest absolute Gasteiger partial charge is 0.126 e. The normalized spacial score (nSPS) is 26.0. The summed E-state index contributed by atoms with van der Waals surface area (Å²) in [4.78, 5) is 12.2. The Hall–Kier alpha value is -1.75. The first-order valence-corrected chi connectivity index (χ1v) is 12.3. The van der Waals surface area contributed by atoms with Crippen LogP contribution in [0.2, 0.25) is 18.6 Å². The van der Waals surface area contributed by atoms with Crippen molar-refractivity contribution in [2.24, 2.45) is 5.92 Å². The Morgan fingerprint density at radius 1 is 1.08 bits per heavy atom. The highest BCUT2D eigenvalue weighted by Gasteiger charge is 2.52. The molecule has 1 aliphatic rings. The second-order valence-electron chi connectivity index (χ2n) is 7.79. The average Bonchev–Trinajstić information content (AvgIpc) is 3.02. The molecule has 138 valence electrons. The third-order valence-electron chi connectivity index (χ3n) is 5.73. The molecule has 3 rings (SSSR count). The quantitative estimate of drug-likeness (QED) is 0.573. The van der Waals surface area contributed by atoms with Crippen LogP contribution >= 0.6 is 0 Å². The minimum atomic E-state index is -1.95. The van der Waals surface area contributed by atoms with Gasteiger partial charge in [-0.05, 0) is 18.0 Å². The summed E-state index contributed by atoms with van der Waals surface area (Å²) >= 11 is 0. The Labute approximate surface area is 157 Å². The number of ether oxygens (including phenoxy) is 2. The molecule has 0 radical (unpaired) electrons. The molecule has 0 N–H and O–H groups in total. The molecule has 0 aliphatic carbocycles. The molecule has 3 nitrogen and oxygen atoms in total. The van der Waals surface area contributed by atoms with Crippen LogP contribution in [0, 0.1) is 12.8 Å². The van der Waals surface area contributed by atoms with E-state index >= 15 is 0 Å². The van der Waals surface area contributed by atoms with E-state index in [0.29, 0.717) is 6.61 Å². The molecule has 2 aromatic carbocycles. The van der Waals surface area contributed by atoms with Gasteiger partial charge in [0.2, 0.25) is 0 Å². The molecule has 1 aliphatic heterocycles. The minimum Gasteiger partial charge on any atom is -0.382 e. The summed E-state index contributed by atoms with van der Waals surface area (Å²) in [5, 5.41) is 1.35. The number of rotatable bonds is 6. The van der Waals surface area contributed by atoms with Gasteiger partial charge in [-0.1, -0.05) is 78.4 Å². The van der Waals surface area contributed by atoms with Gasteiger partial charge in [0.05, 0.1) is 26.9 Å². The molecule has 1 fully saturated rings. The first kappa shape index (κ1) is 19.0. The highest BCUT2D eigenvalue weighted by atomic mass is 28.3. The predicted octanol–water partition coefficient (Wildman–Crippen LogP) is 3.88. The fourth-order valence-electron chi connectivity index (χ4n) is 4.33. The van der Waals surface area contributed by atoms with E-state index < -0.39 is 8.07 Å². The van der Waals surface area contributed by atoms with Crippen LogP contribution in [0.1, 0.15) is 17.2 Å². The molecule has 1 saturated heterocycles. The lowest BCUT2D eigenvalue weighted by atomic mass is 9.94. The number of benzene rings is 2. The molecule has 0 bridgehead atoms. The summed E-state index contributed by atoms with van der Waals surface area (Å²) in [6.45, 7) is 7.26. The summed E-state index contributed by atoms with van der Waals surface area (Å²) in [5.74, 6) is -0.153. The van der Waals surface area contributed by atoms with Crippen LogP contribution in [0.3, 0.4) is 0 Å². The van der Waals surface area contributed by atoms with Crippen molar-refractivity contribution in [1.82, 2.24) is 0 Å². The highest BCUT2D eigenvalue weighted by molar-refractivity contribution is 6.91. The molecule has 0 spiro atoms. The van der Waals surface area contributed by atoms with E-state index in [1.165, 1.54) is 10.8 Å². The zero-order valence-electron chi connectivity index (χ0n) is 16.0. The number of hydrogen-bond acceptors (Lipinski definition) is 3. The van der Waals surface area contributed by atoms with Gasteiger partial charge in [-0.15, -0.1) is 0 Å². The second kappa shape index (κ2) is 7.87. The van der Waals surface area contributed by atoms with Crippen LogP contribution in [0.25, 0.3) is 0 Å². The molecular weight excluding hydrogens is 340 g/mol. The van der Waals surface area contributed by atoms with Crippen molar-refractivity contribution >= 4 is 19.5 Å². The van der Waals surface area contributed by atoms with E-state index in [1.54, 1.807) is 7.11 Å². The maximum atomic E-state index is 12.2. The van der Waals surface area contributed by atoms with E-state index in [1.807, 2.05) is 6.07 Å². The first-order chi connectivity index (χ1) is 12.5. The second-order valence-corrected chi connectivity index (χ2v) is 12.5. The van der Waals surface area contributed by atoms with Gasteiger partial charge in [0.25, 0.3) is 0 Å². The van der Waals surface area contributed by atoms with Gasteiger partial charge >= 0.3 is 0 Å². The number of methoxy groups -OCH3 is 1. The van der Waals surface area contributed by atoms with Crippen LogP contribution in [0.5, 0.6) is 0 Å². The number of aldehydes is 1. The van der Waals surface area contributed by atoms with E-state index in [0.717, 1.165) is 11.8 Å². The Kier molecular flexibility index (Phi) is 5.75. The van der Waals surface area contributed by atoms with E-state index in [-0.39, 0.29) is 23.7 Å². The zero-order chi connectivity index (χ0) is 18.7. The maximum Gasteiger partial charge on any atom is 0.126 e. The maximum absolute atomic E-state index is 12.2. The fraction of sp³-hybridized carbons (Fsp3) is 0.409. The van der Waals surface area contributed by atoms with Gasteiger partial charge in [0.15, 0.2) is 0 Å². The van der Waals surface area contributed by atoms with Crippen LogP contribution in [0.15, 0.2) is 54.6 Å². The molecule has 4 atom stereocenters. The number of hydrogen-bond donors (Lipinski definition) is 0. The van der Waals surface area contributed by atoms with Gasteiger partial charge in [-0.2, -0.15) is 0 Å². The van der Waals surface area contributed by atoms with Crippen molar-refractivity contribution in [3.8, 4) is 0 Å². The minimum absolute atomic E-state index is 0.0663. The summed E-state index contributed by atoms with van der Waals surface area (Å²) in [6, 6.07) is 18.9. The van der Waals surface area contributed by atoms with Crippen molar-refractivity contribution in [2.75, 3.05) is 13.7 Å². The van der Waals surface area contributed by atoms with Crippen molar-refractivity contribution in [2.45, 2.75) is 37.8 Å². The van der Waals surface area contributed by atoms with E-state index in [9.17, 15) is 4.79 Å². The number of carbonyl (C=O) groups is 1. The highest BCUT2D eigenvalue weighted by Crippen LogP contribution is 2.49. The summed E-state index contributed by atoms with van der Waals surface area (Å²) in [6.07, 6.45) is 0.847. The third-order valence-corrected chi connectivity index (χ3v) is 9.98. The fourth-order valence-corrected chi connectivity index (χ4v) is 8.08. The average molecular weight is 369 g/mol. The Balaban J connectivity index is 2.00. The van der Waals surface area contributed by atoms with Gasteiger partial charge in [-0.3, -0.25) is 0 Å². The van der Waals surface area contributed by atoms with Crippen molar-refractivity contribution in [3.05, 3.63) is 65.7 Å². The topological polar surface area (TPSA) is 35.5 Å². The van der Waals surface area contributed by atoms with Gasteiger partial charge < -0.3 is 14.3 Å². The summed E-state index contributed by atoms with van der Waals surface area (Å²) in [7, 11) is -0.252. The van der Waals surface area contributed by atoms with E-state index in [2.05, 4.69) is 68.5 Å². The summed E-state index contributed by atoms with van der Waals surface area (Å²) < 4.78 is 11.9. The first-order valence-electron chi connectivity index (χ1n) is 9.21. The lowest BCUT2D eigenvalue weighted by molar-refractivity contribution is -0.112. The molecule has 26 heavy (non-hydrogen) atoms. The lowest BCUT2D eigenvalue weighted by Gasteiger charge is -2.35. The van der Waals surface area contributed by atoms with Crippen LogP contribution in [0.4, 0.5) is 0 Å². The molecule has 0 saturated carbocycles. The van der Waals surface area contributed by atoms with Crippen LogP contribution in [-0.2, 0) is 14.3 Å². The third kappa shape index (κ3) is 3.54. The number of aryl methyl sites for hydroxylation is 1. The van der Waals surface area contributed by atoms with Gasteiger partial charge in [0, 0.05) is 13.0 Å². The Morgan fingerprint density at radius 3 is 2.31 bits per heavy atom. The summed E-state index contributed by atoms with van der Waals surface area (Å²) in [5.41, 5.74) is 2.46. The van der Waals surface area contributed by atoms with Crippen LogP contribution in [-0.4, -0.2) is 34.2 Å². The molecule has 2 aromatic rings. The molecule has 4 heteroatoms. The Bertz CT molecular complexity index is 727. The molecular formula is C22H28O3Si.